The Bertz CT molecular complexity index is 404. The summed E-state index contributed by atoms with van der Waals surface area (Å²) >= 11 is 0. The van der Waals surface area contributed by atoms with Gasteiger partial charge in [0, 0.05) is 17.1 Å². The van der Waals surface area contributed by atoms with Crippen molar-refractivity contribution in [1.29, 1.82) is 0 Å². The molecule has 0 fully saturated rings. The molecule has 0 unspecified atom stereocenters. The normalized spacial score (nSPS) is 10.2. The van der Waals surface area contributed by atoms with E-state index in [4.69, 9.17) is 5.11 Å². The second kappa shape index (κ2) is 7.40. The summed E-state index contributed by atoms with van der Waals surface area (Å²) in [6.45, 7) is 1.57. The lowest BCUT2D eigenvalue weighted by atomic mass is 10.1. The molecule has 0 aliphatic rings. The Morgan fingerprint density at radius 3 is 2.65 bits per heavy atom. The Labute approximate surface area is 108 Å². The fourth-order valence-corrected chi connectivity index (χ4v) is 3.52. The number of rotatable bonds is 7. The van der Waals surface area contributed by atoms with Gasteiger partial charge in [0.05, 0.1) is 6.42 Å². The summed E-state index contributed by atoms with van der Waals surface area (Å²) in [5.74, 6) is 0.102. The quantitative estimate of drug-likeness (QED) is 0.609. The minimum Gasteiger partial charge on any atom is -0.481 e. The molecule has 0 aromatic heterocycles. The molecule has 5 heteroatoms. The molecule has 0 heterocycles. The van der Waals surface area contributed by atoms with Gasteiger partial charge in [0.25, 0.3) is 0 Å². The van der Waals surface area contributed by atoms with E-state index in [1.807, 2.05) is 24.3 Å². The maximum Gasteiger partial charge on any atom is 0.307 e. The average Bonchev–Trinajstić information content (AvgIpc) is 2.25. The lowest BCUT2D eigenvalue weighted by Crippen LogP contribution is -2.00. The fraction of sp³-hybridized carbons (Fsp3) is 0.333. The van der Waals surface area contributed by atoms with Crippen LogP contribution in [-0.4, -0.2) is 22.6 Å². The van der Waals surface area contributed by atoms with Crippen molar-refractivity contribution in [3.05, 3.63) is 29.8 Å². The highest BCUT2D eigenvalue weighted by Crippen LogP contribution is 2.34. The zero-order valence-electron chi connectivity index (χ0n) is 9.51. The van der Waals surface area contributed by atoms with Gasteiger partial charge in [0.1, 0.15) is 5.78 Å². The number of hydrogen-bond acceptors (Lipinski definition) is 4. The van der Waals surface area contributed by atoms with Gasteiger partial charge in [0.2, 0.25) is 0 Å². The second-order valence-electron chi connectivity index (χ2n) is 3.54. The fourth-order valence-electron chi connectivity index (χ4n) is 1.18. The first-order valence-electron chi connectivity index (χ1n) is 5.18. The number of Topliss-reactive ketones (excluding diaryl/α,β-unsaturated/α-hetero) is 1. The third kappa shape index (κ3) is 5.79. The summed E-state index contributed by atoms with van der Waals surface area (Å²) in [5.41, 5.74) is 0.820. The molecule has 1 N–H and O–H groups in total. The number of ketones is 1. The van der Waals surface area contributed by atoms with Gasteiger partial charge >= 0.3 is 5.97 Å². The molecule has 92 valence electrons. The molecule has 17 heavy (non-hydrogen) atoms. The number of carboxylic acid groups (broad SMARTS) is 1. The minimum absolute atomic E-state index is 0.0381. The van der Waals surface area contributed by atoms with Gasteiger partial charge in [-0.15, -0.1) is 0 Å². The van der Waals surface area contributed by atoms with E-state index >= 15 is 0 Å². The number of hydrogen-bond donors (Lipinski definition) is 1. The summed E-state index contributed by atoms with van der Waals surface area (Å²) in [4.78, 5) is 22.4. The molecule has 0 saturated carbocycles. The van der Waals surface area contributed by atoms with Crippen LogP contribution in [0.15, 0.2) is 29.2 Å². The lowest BCUT2D eigenvalue weighted by molar-refractivity contribution is -0.136. The standard InChI is InChI=1S/C12H14O3S2/c1-9(13)6-7-16-17-11-5-3-2-4-10(11)8-12(14)15/h2-5H,6-8H2,1H3,(H,14,15). The van der Waals surface area contributed by atoms with E-state index < -0.39 is 5.97 Å². The van der Waals surface area contributed by atoms with E-state index in [9.17, 15) is 9.59 Å². The average molecular weight is 270 g/mol. The van der Waals surface area contributed by atoms with Crippen molar-refractivity contribution in [2.45, 2.75) is 24.7 Å². The van der Waals surface area contributed by atoms with Gasteiger partial charge in [-0.05, 0) is 18.6 Å². The van der Waals surface area contributed by atoms with Gasteiger partial charge < -0.3 is 5.11 Å². The highest BCUT2D eigenvalue weighted by Gasteiger charge is 2.07. The van der Waals surface area contributed by atoms with Crippen molar-refractivity contribution in [3.63, 3.8) is 0 Å². The number of carbonyl (C=O) groups excluding carboxylic acids is 1. The van der Waals surface area contributed by atoms with Crippen LogP contribution in [0.1, 0.15) is 18.9 Å². The summed E-state index contributed by atoms with van der Waals surface area (Å²) in [6.07, 6.45) is 0.592. The molecule has 1 aromatic carbocycles. The van der Waals surface area contributed by atoms with E-state index in [1.54, 1.807) is 17.7 Å². The van der Waals surface area contributed by atoms with Crippen LogP contribution in [0.3, 0.4) is 0 Å². The number of carbonyl (C=O) groups is 2. The third-order valence-electron chi connectivity index (χ3n) is 2.00. The van der Waals surface area contributed by atoms with Crippen LogP contribution in [0.2, 0.25) is 0 Å². The first-order valence-corrected chi connectivity index (χ1v) is 7.50. The molecule has 1 aromatic rings. The van der Waals surface area contributed by atoms with Crippen LogP contribution in [0.5, 0.6) is 0 Å². The summed E-state index contributed by atoms with van der Waals surface area (Å²) in [5, 5.41) is 8.78. The molecule has 0 aliphatic heterocycles. The van der Waals surface area contributed by atoms with Crippen LogP contribution in [-0.2, 0) is 16.0 Å². The molecule has 0 spiro atoms. The van der Waals surface area contributed by atoms with Gasteiger partial charge in [-0.1, -0.05) is 39.8 Å². The van der Waals surface area contributed by atoms with Crippen LogP contribution < -0.4 is 0 Å². The number of aliphatic carboxylic acids is 1. The summed E-state index contributed by atoms with van der Waals surface area (Å²) in [7, 11) is 3.11. The summed E-state index contributed by atoms with van der Waals surface area (Å²) < 4.78 is 0. The van der Waals surface area contributed by atoms with Crippen LogP contribution in [0.4, 0.5) is 0 Å². The van der Waals surface area contributed by atoms with Crippen molar-refractivity contribution in [3.8, 4) is 0 Å². The van der Waals surface area contributed by atoms with E-state index in [-0.39, 0.29) is 12.2 Å². The molecule has 0 bridgehead atoms. The van der Waals surface area contributed by atoms with Crippen LogP contribution >= 0.6 is 21.6 Å². The first kappa shape index (κ1) is 14.1. The largest absolute Gasteiger partial charge is 0.481 e. The Hall–Kier alpha value is -0.940. The Balaban J connectivity index is 2.51. The van der Waals surface area contributed by atoms with E-state index in [0.29, 0.717) is 6.42 Å². The van der Waals surface area contributed by atoms with Crippen molar-refractivity contribution in [1.82, 2.24) is 0 Å². The molecule has 0 amide bonds. The van der Waals surface area contributed by atoms with Crippen molar-refractivity contribution in [2.24, 2.45) is 0 Å². The number of benzene rings is 1. The highest BCUT2D eigenvalue weighted by atomic mass is 33.1. The van der Waals surface area contributed by atoms with Gasteiger partial charge in [-0.2, -0.15) is 0 Å². The molecule has 0 aliphatic carbocycles. The van der Waals surface area contributed by atoms with Gasteiger partial charge in [0.15, 0.2) is 0 Å². The monoisotopic (exact) mass is 270 g/mol. The van der Waals surface area contributed by atoms with E-state index in [2.05, 4.69) is 0 Å². The zero-order valence-corrected chi connectivity index (χ0v) is 11.1. The predicted molar refractivity (Wildman–Crippen MR) is 71.4 cm³/mol. The minimum atomic E-state index is -0.827. The van der Waals surface area contributed by atoms with Gasteiger partial charge in [-0.25, -0.2) is 0 Å². The maximum absolute atomic E-state index is 10.8. The molecule has 0 radical (unpaired) electrons. The Morgan fingerprint density at radius 2 is 2.00 bits per heavy atom. The Morgan fingerprint density at radius 1 is 1.29 bits per heavy atom. The Kier molecular flexibility index (Phi) is 6.15. The van der Waals surface area contributed by atoms with Crippen molar-refractivity contribution in [2.75, 3.05) is 5.75 Å². The van der Waals surface area contributed by atoms with Crippen molar-refractivity contribution >= 4 is 33.3 Å². The van der Waals surface area contributed by atoms with E-state index in [1.165, 1.54) is 10.8 Å². The molecule has 3 nitrogen and oxygen atoms in total. The van der Waals surface area contributed by atoms with Crippen LogP contribution in [0.25, 0.3) is 0 Å². The predicted octanol–water partition coefficient (Wildman–Crippen LogP) is 3.03. The SMILES string of the molecule is CC(=O)CCSSc1ccccc1CC(=O)O. The third-order valence-corrected chi connectivity index (χ3v) is 4.46. The molecule has 0 atom stereocenters. The molecule has 1 rings (SSSR count). The second-order valence-corrected chi connectivity index (χ2v) is 5.99. The van der Waals surface area contributed by atoms with Crippen molar-refractivity contribution < 1.29 is 14.7 Å². The van der Waals surface area contributed by atoms with Gasteiger partial charge in [-0.3, -0.25) is 9.59 Å². The highest BCUT2D eigenvalue weighted by molar-refractivity contribution is 8.76. The number of carboxylic acids is 1. The summed E-state index contributed by atoms with van der Waals surface area (Å²) in [6, 6.07) is 7.45. The first-order chi connectivity index (χ1) is 8.09. The molecular weight excluding hydrogens is 256 g/mol. The van der Waals surface area contributed by atoms with Crippen LogP contribution in [0, 0.1) is 0 Å². The topological polar surface area (TPSA) is 54.4 Å². The maximum atomic E-state index is 10.8. The molecule has 0 saturated heterocycles. The molecular formula is C12H14O3S2. The lowest BCUT2D eigenvalue weighted by Gasteiger charge is -2.05. The smallest absolute Gasteiger partial charge is 0.307 e. The zero-order chi connectivity index (χ0) is 12.7. The van der Waals surface area contributed by atoms with E-state index in [0.717, 1.165) is 16.2 Å².